The van der Waals surface area contributed by atoms with Crippen LogP contribution in [0.5, 0.6) is 0 Å². The summed E-state index contributed by atoms with van der Waals surface area (Å²) in [6.07, 6.45) is 28.7. The molecule has 0 aliphatic rings. The molecule has 0 spiro atoms. The predicted octanol–water partition coefficient (Wildman–Crippen LogP) is 13.6. The highest BCUT2D eigenvalue weighted by Gasteiger charge is 2.30. The Morgan fingerprint density at radius 2 is 0.592 bits per heavy atom. The van der Waals surface area contributed by atoms with Crippen molar-refractivity contribution < 1.29 is 28.6 Å². The SMILES string of the molecule is CCCCCCCCCCOC(=O)C(C)SP(SC(C)C(=O)OCCCCCCCCCC)SC(C)C(=O)OCCCCCCCCCC. The highest BCUT2D eigenvalue weighted by atomic mass is 33.4. The van der Waals surface area contributed by atoms with E-state index in [1.54, 1.807) is 0 Å². The number of ether oxygens (including phenoxy) is 3. The van der Waals surface area contributed by atoms with Crippen LogP contribution < -0.4 is 0 Å². The number of esters is 3. The van der Waals surface area contributed by atoms with Crippen LogP contribution in [0.15, 0.2) is 0 Å². The normalized spacial score (nSPS) is 13.8. The van der Waals surface area contributed by atoms with Gasteiger partial charge in [-0.25, -0.2) is 0 Å². The molecule has 0 aromatic rings. The van der Waals surface area contributed by atoms with Crippen molar-refractivity contribution in [2.24, 2.45) is 0 Å². The van der Waals surface area contributed by atoms with Gasteiger partial charge in [0.05, 0.1) is 25.3 Å². The summed E-state index contributed by atoms with van der Waals surface area (Å²) in [6.45, 7) is 13.6. The lowest BCUT2D eigenvalue weighted by molar-refractivity contribution is -0.143. The number of hydrogen-bond acceptors (Lipinski definition) is 9. The van der Waals surface area contributed by atoms with Crippen LogP contribution in [0.3, 0.4) is 0 Å². The first-order valence-corrected chi connectivity index (χ1v) is 25.9. The Bertz CT molecular complexity index is 690. The van der Waals surface area contributed by atoms with Crippen molar-refractivity contribution in [3.05, 3.63) is 0 Å². The van der Waals surface area contributed by atoms with E-state index >= 15 is 0 Å². The van der Waals surface area contributed by atoms with Crippen LogP contribution in [0.4, 0.5) is 0 Å². The predicted molar refractivity (Wildman–Crippen MR) is 219 cm³/mol. The Balaban J connectivity index is 4.78. The number of hydrogen-bond donors (Lipinski definition) is 0. The lowest BCUT2D eigenvalue weighted by atomic mass is 10.1. The molecule has 3 unspecified atom stereocenters. The molecule has 0 saturated heterocycles. The Kier molecular flexibility index (Phi) is 36.2. The molecule has 0 aromatic carbocycles. The minimum absolute atomic E-state index is 0.225. The van der Waals surface area contributed by atoms with Gasteiger partial charge in [-0.1, -0.05) is 190 Å². The molecule has 3 atom stereocenters. The second-order valence-electron chi connectivity index (χ2n) is 13.4. The molecule has 0 N–H and O–H groups in total. The zero-order valence-electron chi connectivity index (χ0n) is 32.4. The van der Waals surface area contributed by atoms with Crippen LogP contribution >= 0.6 is 39.7 Å². The molecule has 49 heavy (non-hydrogen) atoms. The van der Waals surface area contributed by atoms with Crippen LogP contribution in [0.1, 0.15) is 196 Å². The van der Waals surface area contributed by atoms with Gasteiger partial charge in [-0.15, -0.1) is 0 Å². The Labute approximate surface area is 316 Å². The van der Waals surface area contributed by atoms with Gasteiger partial charge in [-0.3, -0.25) is 14.4 Å². The van der Waals surface area contributed by atoms with E-state index in [2.05, 4.69) is 20.8 Å². The maximum absolute atomic E-state index is 12.9. The van der Waals surface area contributed by atoms with Gasteiger partial charge in [-0.05, 0) is 40.0 Å². The van der Waals surface area contributed by atoms with Crippen molar-refractivity contribution in [2.75, 3.05) is 19.8 Å². The van der Waals surface area contributed by atoms with E-state index in [1.165, 1.54) is 150 Å². The molecule has 0 heterocycles. The van der Waals surface area contributed by atoms with Gasteiger partial charge in [-0.2, -0.15) is 0 Å². The van der Waals surface area contributed by atoms with Gasteiger partial charge >= 0.3 is 17.9 Å². The van der Waals surface area contributed by atoms with Crippen LogP contribution in [0.25, 0.3) is 0 Å². The Morgan fingerprint density at radius 3 is 0.816 bits per heavy atom. The maximum Gasteiger partial charge on any atom is 0.319 e. The molecule has 0 aliphatic heterocycles. The second kappa shape index (κ2) is 36.3. The Hall–Kier alpha value is -0.110. The second-order valence-corrected chi connectivity index (χ2v) is 23.9. The van der Waals surface area contributed by atoms with E-state index in [9.17, 15) is 14.4 Å². The molecule has 0 aromatic heterocycles. The molecule has 0 fully saturated rings. The molecular formula is C39H75O6PS3. The fourth-order valence-electron chi connectivity index (χ4n) is 5.17. The smallest absolute Gasteiger partial charge is 0.319 e. The molecule has 0 saturated carbocycles. The molecule has 290 valence electrons. The van der Waals surface area contributed by atoms with Crippen molar-refractivity contribution in [2.45, 2.75) is 211 Å². The monoisotopic (exact) mass is 766 g/mol. The molecule has 0 rings (SSSR count). The average Bonchev–Trinajstić information content (AvgIpc) is 3.08. The van der Waals surface area contributed by atoms with Crippen LogP contribution in [0.2, 0.25) is 0 Å². The van der Waals surface area contributed by atoms with Crippen molar-refractivity contribution in [1.82, 2.24) is 0 Å². The van der Waals surface area contributed by atoms with Gasteiger partial charge in [0.2, 0.25) is 0 Å². The molecule has 6 nitrogen and oxygen atoms in total. The summed E-state index contributed by atoms with van der Waals surface area (Å²) in [5, 5.41) is -1.16. The Morgan fingerprint density at radius 1 is 0.388 bits per heavy atom. The summed E-state index contributed by atoms with van der Waals surface area (Å²) in [6, 6.07) is 0. The molecule has 0 radical (unpaired) electrons. The lowest BCUT2D eigenvalue weighted by Crippen LogP contribution is -2.20. The first-order valence-electron chi connectivity index (χ1n) is 20.1. The fourth-order valence-corrected chi connectivity index (χ4v) is 18.4. The molecular weight excluding hydrogens is 692 g/mol. The van der Waals surface area contributed by atoms with E-state index in [1.807, 2.05) is 20.8 Å². The largest absolute Gasteiger partial charge is 0.465 e. The molecule has 0 aliphatic carbocycles. The number of rotatable bonds is 36. The number of carbonyl (C=O) groups excluding carboxylic acids is 3. The van der Waals surface area contributed by atoms with Crippen molar-refractivity contribution in [3.8, 4) is 0 Å². The number of unbranched alkanes of at least 4 members (excludes halogenated alkanes) is 21. The van der Waals surface area contributed by atoms with E-state index in [-0.39, 0.29) is 33.7 Å². The highest BCUT2D eigenvalue weighted by molar-refractivity contribution is 9.12. The average molecular weight is 767 g/mol. The van der Waals surface area contributed by atoms with Gasteiger partial charge in [0.25, 0.3) is 0 Å². The van der Waals surface area contributed by atoms with Crippen molar-refractivity contribution in [3.63, 3.8) is 0 Å². The zero-order valence-corrected chi connectivity index (χ0v) is 35.8. The molecule has 0 amide bonds. The first-order chi connectivity index (χ1) is 23.8. The van der Waals surface area contributed by atoms with E-state index in [0.717, 1.165) is 38.5 Å². The minimum atomic E-state index is -1.02. The van der Waals surface area contributed by atoms with E-state index in [0.29, 0.717) is 19.8 Å². The lowest BCUT2D eigenvalue weighted by Gasteiger charge is -2.23. The zero-order chi connectivity index (χ0) is 36.4. The van der Waals surface area contributed by atoms with Gasteiger partial charge in [0.1, 0.15) is 15.7 Å². The maximum atomic E-state index is 12.9. The van der Waals surface area contributed by atoms with Crippen LogP contribution in [-0.4, -0.2) is 53.5 Å². The van der Waals surface area contributed by atoms with Gasteiger partial charge < -0.3 is 14.2 Å². The summed E-state index contributed by atoms with van der Waals surface area (Å²) in [5.41, 5.74) is -1.02. The summed E-state index contributed by atoms with van der Waals surface area (Å²) < 4.78 is 16.9. The summed E-state index contributed by atoms with van der Waals surface area (Å²) in [4.78, 5) is 38.7. The standard InChI is InChI=1S/C39H75O6PS3/c1-7-10-13-16-19-22-25-28-31-43-37(40)34(4)47-46(48-35(5)38(41)44-32-29-26-23-20-17-14-11-8-2)49-36(6)39(42)45-33-30-27-24-21-18-15-12-9-3/h34-36H,7-33H2,1-6H3. The summed E-state index contributed by atoms with van der Waals surface area (Å²) >= 11 is 4.53. The first kappa shape index (κ1) is 48.9. The van der Waals surface area contributed by atoms with E-state index in [4.69, 9.17) is 14.2 Å². The molecule has 10 heteroatoms. The van der Waals surface area contributed by atoms with Crippen molar-refractivity contribution >= 4 is 57.6 Å². The van der Waals surface area contributed by atoms with Crippen LogP contribution in [-0.2, 0) is 28.6 Å². The molecule has 0 bridgehead atoms. The van der Waals surface area contributed by atoms with Crippen molar-refractivity contribution in [1.29, 1.82) is 0 Å². The topological polar surface area (TPSA) is 78.9 Å². The van der Waals surface area contributed by atoms with Gasteiger partial charge in [0.15, 0.2) is 0 Å². The quantitative estimate of drug-likeness (QED) is 0.0268. The number of carbonyl (C=O) groups is 3. The summed E-state index contributed by atoms with van der Waals surface area (Å²) in [5.74, 6) is -0.676. The highest BCUT2D eigenvalue weighted by Crippen LogP contribution is 2.73. The third-order valence-electron chi connectivity index (χ3n) is 8.45. The fraction of sp³-hybridized carbons (Fsp3) is 0.923. The minimum Gasteiger partial charge on any atom is -0.465 e. The summed E-state index contributed by atoms with van der Waals surface area (Å²) in [7, 11) is 0. The van der Waals surface area contributed by atoms with E-state index < -0.39 is 5.53 Å². The third-order valence-corrected chi connectivity index (χ3v) is 19.5. The van der Waals surface area contributed by atoms with Crippen LogP contribution in [0, 0.1) is 0 Å². The van der Waals surface area contributed by atoms with Gasteiger partial charge in [0, 0.05) is 0 Å². The third kappa shape index (κ3) is 31.2.